The number of carbonyl (C=O) groups is 3. The number of nitrogens with zero attached hydrogens (tertiary/aromatic N) is 2. The first-order chi connectivity index (χ1) is 15.9. The maximum atomic E-state index is 13.8. The monoisotopic (exact) mass is 476 g/mol. The minimum absolute atomic E-state index is 0.0376. The van der Waals surface area contributed by atoms with Crippen molar-refractivity contribution in [2.24, 2.45) is 0 Å². The number of likely N-dealkylation sites (N-methyl/N-ethyl adjacent to an activating group) is 1. The first kappa shape index (κ1) is 25.2. The van der Waals surface area contributed by atoms with E-state index in [0.717, 1.165) is 16.7 Å². The number of hydrogen-bond donors (Lipinski definition) is 2. The van der Waals surface area contributed by atoms with Gasteiger partial charge in [0.1, 0.15) is 6.04 Å². The zero-order valence-electron chi connectivity index (χ0n) is 19.4. The van der Waals surface area contributed by atoms with Gasteiger partial charge in [-0.25, -0.2) is 0 Å². The molecule has 7 nitrogen and oxygen atoms in total. The van der Waals surface area contributed by atoms with Crippen LogP contribution in [0.1, 0.15) is 23.1 Å². The van der Waals surface area contributed by atoms with Gasteiger partial charge < -0.3 is 10.6 Å². The first-order valence-corrected chi connectivity index (χ1v) is 10.7. The van der Waals surface area contributed by atoms with Crippen molar-refractivity contribution >= 4 is 34.8 Å². The van der Waals surface area contributed by atoms with E-state index < -0.39 is 42.9 Å². The molecule has 3 rings (SSSR count). The number of nitrogens with one attached hydrogen (secondary N) is 2. The number of amides is 3. The molecule has 10 heteroatoms. The molecule has 0 saturated heterocycles. The summed E-state index contributed by atoms with van der Waals surface area (Å²) in [5, 5.41) is 5.24. The molecule has 1 atom stereocenters. The third-order valence-corrected chi connectivity index (χ3v) is 5.53. The number of para-hydroxylation sites is 2. The fourth-order valence-electron chi connectivity index (χ4n) is 4.16. The van der Waals surface area contributed by atoms with E-state index in [1.807, 2.05) is 32.9 Å². The molecular formula is C24H27F3N4O3. The Morgan fingerprint density at radius 1 is 1.12 bits per heavy atom. The second-order valence-corrected chi connectivity index (χ2v) is 8.58. The van der Waals surface area contributed by atoms with Gasteiger partial charge in [-0.1, -0.05) is 29.8 Å². The lowest BCUT2D eigenvalue weighted by molar-refractivity contribution is -0.158. The summed E-state index contributed by atoms with van der Waals surface area (Å²) in [4.78, 5) is 39.7. The molecule has 2 N–H and O–H groups in total. The fraction of sp³-hybridized carbons (Fsp3) is 0.375. The van der Waals surface area contributed by atoms with E-state index in [4.69, 9.17) is 0 Å². The molecule has 1 unspecified atom stereocenters. The zero-order chi connectivity index (χ0) is 25.2. The van der Waals surface area contributed by atoms with E-state index in [1.54, 1.807) is 6.07 Å². The molecule has 0 radical (unpaired) electrons. The number of carbonyl (C=O) groups excluding carboxylic acids is 3. The lowest BCUT2D eigenvalue weighted by Gasteiger charge is -2.32. The van der Waals surface area contributed by atoms with E-state index >= 15 is 0 Å². The van der Waals surface area contributed by atoms with Crippen LogP contribution < -0.4 is 15.5 Å². The number of halogens is 3. The molecule has 0 fully saturated rings. The first-order valence-electron chi connectivity index (χ1n) is 10.7. The lowest BCUT2D eigenvalue weighted by atomic mass is 10.1. The third kappa shape index (κ3) is 5.74. The molecule has 0 spiro atoms. The predicted octanol–water partition coefficient (Wildman–Crippen LogP) is 3.79. The molecule has 0 bridgehead atoms. The largest absolute Gasteiger partial charge is 0.409 e. The van der Waals surface area contributed by atoms with Crippen LogP contribution in [0.15, 0.2) is 36.4 Å². The quantitative estimate of drug-likeness (QED) is 0.688. The van der Waals surface area contributed by atoms with Crippen LogP contribution in [0, 0.1) is 20.8 Å². The van der Waals surface area contributed by atoms with E-state index in [9.17, 15) is 27.6 Å². The second kappa shape index (κ2) is 9.84. The average Bonchev–Trinajstić information content (AvgIpc) is 2.86. The van der Waals surface area contributed by atoms with Gasteiger partial charge in [0.05, 0.1) is 30.9 Å². The Balaban J connectivity index is 1.77. The van der Waals surface area contributed by atoms with E-state index in [1.165, 1.54) is 30.1 Å². The molecule has 182 valence electrons. The highest BCUT2D eigenvalue weighted by Gasteiger charge is 2.49. The van der Waals surface area contributed by atoms with E-state index in [-0.39, 0.29) is 17.9 Å². The summed E-state index contributed by atoms with van der Waals surface area (Å²) in [6.07, 6.45) is -5.74. The van der Waals surface area contributed by atoms with Gasteiger partial charge in [0.25, 0.3) is 0 Å². The number of rotatable bonds is 5. The summed E-state index contributed by atoms with van der Waals surface area (Å²) in [6.45, 7) is 5.03. The van der Waals surface area contributed by atoms with Crippen molar-refractivity contribution in [1.82, 2.24) is 4.90 Å². The molecule has 2 aromatic rings. The standard InChI is InChI=1S/C24H27F3N4O3/c1-14-9-15(2)23(16(3)10-14)29-21(33)12-30(4)13-22(34)31-18-8-6-5-7-17(18)28-20(32)11-19(31)24(25,26)27/h5-10,19H,11-13H2,1-4H3,(H,28,32)(H,29,33). The highest BCUT2D eigenvalue weighted by Crippen LogP contribution is 2.37. The molecule has 0 aromatic heterocycles. The predicted molar refractivity (Wildman–Crippen MR) is 124 cm³/mol. The summed E-state index contributed by atoms with van der Waals surface area (Å²) < 4.78 is 41.5. The Kier molecular flexibility index (Phi) is 7.30. The van der Waals surface area contributed by atoms with Gasteiger partial charge in [-0.15, -0.1) is 0 Å². The van der Waals surface area contributed by atoms with Crippen molar-refractivity contribution in [3.8, 4) is 0 Å². The summed E-state index contributed by atoms with van der Waals surface area (Å²) in [5.74, 6) is -2.10. The van der Waals surface area contributed by atoms with Gasteiger partial charge in [-0.05, 0) is 51.1 Å². The van der Waals surface area contributed by atoms with Crippen LogP contribution in [0.25, 0.3) is 0 Å². The van der Waals surface area contributed by atoms with Crippen LogP contribution >= 0.6 is 0 Å². The smallest absolute Gasteiger partial charge is 0.324 e. The molecule has 34 heavy (non-hydrogen) atoms. The van der Waals surface area contributed by atoms with Crippen molar-refractivity contribution in [2.75, 3.05) is 35.7 Å². The topological polar surface area (TPSA) is 81.8 Å². The molecule has 1 aliphatic rings. The minimum atomic E-state index is -4.82. The van der Waals surface area contributed by atoms with Gasteiger partial charge in [0.2, 0.25) is 17.7 Å². The maximum Gasteiger partial charge on any atom is 0.409 e. The lowest BCUT2D eigenvalue weighted by Crippen LogP contribution is -2.52. The molecule has 1 aliphatic heterocycles. The van der Waals surface area contributed by atoms with E-state index in [0.29, 0.717) is 10.6 Å². The number of hydrogen-bond acceptors (Lipinski definition) is 4. The second-order valence-electron chi connectivity index (χ2n) is 8.58. The van der Waals surface area contributed by atoms with Crippen LogP contribution in [0.4, 0.5) is 30.2 Å². The summed E-state index contributed by atoms with van der Waals surface area (Å²) in [7, 11) is 1.47. The van der Waals surface area contributed by atoms with Gasteiger partial charge in [-0.3, -0.25) is 24.2 Å². The van der Waals surface area contributed by atoms with Crippen LogP contribution in [-0.2, 0) is 14.4 Å². The van der Waals surface area contributed by atoms with Crippen molar-refractivity contribution in [3.63, 3.8) is 0 Å². The Hall–Kier alpha value is -3.40. The summed E-state index contributed by atoms with van der Waals surface area (Å²) in [5.41, 5.74) is 3.58. The van der Waals surface area contributed by atoms with Crippen LogP contribution in [0.5, 0.6) is 0 Å². The Morgan fingerprint density at radius 2 is 1.74 bits per heavy atom. The number of benzene rings is 2. The Labute approximate surface area is 195 Å². The van der Waals surface area contributed by atoms with Crippen LogP contribution in [0.3, 0.4) is 0 Å². The van der Waals surface area contributed by atoms with Crippen molar-refractivity contribution in [1.29, 1.82) is 0 Å². The molecule has 2 aromatic carbocycles. The van der Waals surface area contributed by atoms with Crippen LogP contribution in [0.2, 0.25) is 0 Å². The van der Waals surface area contributed by atoms with Crippen molar-refractivity contribution in [2.45, 2.75) is 39.4 Å². The number of anilines is 3. The number of alkyl halides is 3. The highest BCUT2D eigenvalue weighted by molar-refractivity contribution is 6.05. The van der Waals surface area contributed by atoms with Crippen molar-refractivity contribution < 1.29 is 27.6 Å². The molecule has 1 heterocycles. The molecule has 0 aliphatic carbocycles. The van der Waals surface area contributed by atoms with Crippen molar-refractivity contribution in [3.05, 3.63) is 53.1 Å². The van der Waals surface area contributed by atoms with Gasteiger partial charge in [0.15, 0.2) is 0 Å². The summed E-state index contributed by atoms with van der Waals surface area (Å²) >= 11 is 0. The fourth-order valence-corrected chi connectivity index (χ4v) is 4.16. The number of fused-ring (bicyclic) bond motifs is 1. The SMILES string of the molecule is Cc1cc(C)c(NC(=O)CN(C)CC(=O)N2c3ccccc3NC(=O)CC2C(F)(F)F)c(C)c1. The van der Waals surface area contributed by atoms with E-state index in [2.05, 4.69) is 10.6 Å². The maximum absolute atomic E-state index is 13.8. The molecule has 0 saturated carbocycles. The highest BCUT2D eigenvalue weighted by atomic mass is 19.4. The average molecular weight is 476 g/mol. The minimum Gasteiger partial charge on any atom is -0.324 e. The normalized spacial score (nSPS) is 16.1. The third-order valence-electron chi connectivity index (χ3n) is 5.53. The number of aryl methyl sites for hydroxylation is 3. The van der Waals surface area contributed by atoms with Gasteiger partial charge in [-0.2, -0.15) is 13.2 Å². The Morgan fingerprint density at radius 3 is 2.35 bits per heavy atom. The zero-order valence-corrected chi connectivity index (χ0v) is 19.4. The van der Waals surface area contributed by atoms with Gasteiger partial charge in [0, 0.05) is 5.69 Å². The Bertz CT molecular complexity index is 1090. The molecular weight excluding hydrogens is 449 g/mol. The van der Waals surface area contributed by atoms with Crippen LogP contribution in [-0.4, -0.2) is 55.0 Å². The summed E-state index contributed by atoms with van der Waals surface area (Å²) in [6, 6.07) is 7.39. The van der Waals surface area contributed by atoms with Gasteiger partial charge >= 0.3 is 6.18 Å². The molecule has 3 amide bonds.